The summed E-state index contributed by atoms with van der Waals surface area (Å²) in [6.45, 7) is 0.159. The Hall–Kier alpha value is -1.53. The number of benzene rings is 1. The maximum absolute atomic E-state index is 11.9. The van der Waals surface area contributed by atoms with Gasteiger partial charge in [0.2, 0.25) is 0 Å². The van der Waals surface area contributed by atoms with Crippen LogP contribution in [-0.4, -0.2) is 21.4 Å². The molecule has 0 amide bonds. The number of pyridine rings is 1. The number of aromatic nitrogens is 1. The monoisotopic (exact) mass is 353 g/mol. The zero-order chi connectivity index (χ0) is 14.5. The highest BCUT2D eigenvalue weighted by atomic mass is 79.9. The molecule has 20 heavy (non-hydrogen) atoms. The van der Waals surface area contributed by atoms with E-state index < -0.39 is 16.8 Å². The van der Waals surface area contributed by atoms with Crippen LogP contribution in [0.4, 0.5) is 0 Å². The summed E-state index contributed by atoms with van der Waals surface area (Å²) in [5.41, 5.74) is 1.24. The van der Waals surface area contributed by atoms with E-state index in [1.807, 2.05) is 6.07 Å². The van der Waals surface area contributed by atoms with Crippen LogP contribution in [0, 0.1) is 0 Å². The van der Waals surface area contributed by atoms with E-state index in [4.69, 9.17) is 4.74 Å². The Labute approximate surface area is 127 Å². The predicted molar refractivity (Wildman–Crippen MR) is 79.8 cm³/mol. The zero-order valence-corrected chi connectivity index (χ0v) is 13.1. The highest BCUT2D eigenvalue weighted by Gasteiger charge is 2.08. The third-order valence-electron chi connectivity index (χ3n) is 2.55. The zero-order valence-electron chi connectivity index (χ0n) is 10.7. The highest BCUT2D eigenvalue weighted by Crippen LogP contribution is 2.12. The van der Waals surface area contributed by atoms with E-state index in [9.17, 15) is 9.00 Å². The van der Waals surface area contributed by atoms with E-state index in [0.717, 1.165) is 10.0 Å². The second-order valence-corrected chi connectivity index (χ2v) is 6.36. The van der Waals surface area contributed by atoms with Crippen LogP contribution in [0.2, 0.25) is 0 Å². The third kappa shape index (κ3) is 3.98. The molecule has 0 N–H and O–H groups in total. The molecule has 1 heterocycles. The van der Waals surface area contributed by atoms with Crippen molar-refractivity contribution in [2.75, 3.05) is 6.26 Å². The molecule has 0 fully saturated rings. The summed E-state index contributed by atoms with van der Waals surface area (Å²) in [4.78, 5) is 16.5. The Morgan fingerprint density at radius 2 is 2.00 bits per heavy atom. The first-order valence-corrected chi connectivity index (χ1v) is 8.11. The van der Waals surface area contributed by atoms with Gasteiger partial charge in [-0.1, -0.05) is 0 Å². The lowest BCUT2D eigenvalue weighted by molar-refractivity contribution is 0.0472. The molecular weight excluding hydrogens is 342 g/mol. The number of carbonyl (C=O) groups excluding carboxylic acids is 1. The maximum atomic E-state index is 11.9. The van der Waals surface area contributed by atoms with Crippen molar-refractivity contribution >= 4 is 32.7 Å². The number of hydrogen-bond acceptors (Lipinski definition) is 4. The van der Waals surface area contributed by atoms with E-state index in [0.29, 0.717) is 10.5 Å². The number of nitrogens with zero attached hydrogens (tertiary/aromatic N) is 1. The van der Waals surface area contributed by atoms with Gasteiger partial charge < -0.3 is 4.74 Å². The molecule has 2 aromatic rings. The van der Waals surface area contributed by atoms with Crippen LogP contribution in [0.5, 0.6) is 0 Å². The van der Waals surface area contributed by atoms with E-state index in [-0.39, 0.29) is 6.61 Å². The van der Waals surface area contributed by atoms with Gasteiger partial charge in [-0.2, -0.15) is 0 Å². The summed E-state index contributed by atoms with van der Waals surface area (Å²) in [6, 6.07) is 8.38. The normalized spacial score (nSPS) is 11.9. The Bertz CT molecular complexity index is 643. The number of ether oxygens (including phenoxy) is 1. The molecule has 1 aromatic carbocycles. The minimum Gasteiger partial charge on any atom is -0.457 e. The van der Waals surface area contributed by atoms with Crippen LogP contribution in [0.1, 0.15) is 15.9 Å². The molecule has 0 bridgehead atoms. The number of hydrogen-bond donors (Lipinski definition) is 0. The van der Waals surface area contributed by atoms with Crippen molar-refractivity contribution < 1.29 is 13.7 Å². The van der Waals surface area contributed by atoms with E-state index in [1.54, 1.807) is 42.9 Å². The molecule has 0 saturated carbocycles. The van der Waals surface area contributed by atoms with Gasteiger partial charge in [0.25, 0.3) is 0 Å². The molecular formula is C14H12BrNO3S. The molecule has 4 nitrogen and oxygen atoms in total. The lowest BCUT2D eigenvalue weighted by Gasteiger charge is -2.05. The fraction of sp³-hybridized carbons (Fsp3) is 0.143. The van der Waals surface area contributed by atoms with E-state index in [1.165, 1.54) is 0 Å². The molecule has 104 valence electrons. The Kier molecular flexibility index (Phi) is 5.03. The quantitative estimate of drug-likeness (QED) is 0.793. The molecule has 1 unspecified atom stereocenters. The number of rotatable bonds is 4. The van der Waals surface area contributed by atoms with Gasteiger partial charge in [-0.25, -0.2) is 4.79 Å². The van der Waals surface area contributed by atoms with Crippen molar-refractivity contribution in [1.82, 2.24) is 4.98 Å². The second-order valence-electron chi connectivity index (χ2n) is 4.07. The standard InChI is InChI=1S/C14H12BrNO3S/c1-20(18)13-4-2-11(3-5-13)14(17)19-9-10-6-12(15)8-16-7-10/h2-8H,9H2,1H3. The fourth-order valence-corrected chi connectivity index (χ4v) is 2.48. The first-order valence-electron chi connectivity index (χ1n) is 5.76. The van der Waals surface area contributed by atoms with Gasteiger partial charge in [0, 0.05) is 44.4 Å². The third-order valence-corrected chi connectivity index (χ3v) is 3.92. The van der Waals surface area contributed by atoms with Gasteiger partial charge >= 0.3 is 5.97 Å². The van der Waals surface area contributed by atoms with Gasteiger partial charge in [-0.05, 0) is 46.3 Å². The molecule has 1 aromatic heterocycles. The number of halogens is 1. The van der Waals surface area contributed by atoms with E-state index in [2.05, 4.69) is 20.9 Å². The molecule has 0 saturated heterocycles. The van der Waals surface area contributed by atoms with Crippen molar-refractivity contribution in [3.05, 3.63) is 58.3 Å². The Balaban J connectivity index is 1.99. The van der Waals surface area contributed by atoms with Crippen LogP contribution in [0.15, 0.2) is 52.1 Å². The van der Waals surface area contributed by atoms with Crippen molar-refractivity contribution in [3.63, 3.8) is 0 Å². The van der Waals surface area contributed by atoms with Crippen molar-refractivity contribution in [2.24, 2.45) is 0 Å². The van der Waals surface area contributed by atoms with Crippen LogP contribution < -0.4 is 0 Å². The Morgan fingerprint density at radius 1 is 1.30 bits per heavy atom. The Morgan fingerprint density at radius 3 is 2.60 bits per heavy atom. The molecule has 0 aliphatic heterocycles. The number of carbonyl (C=O) groups is 1. The average Bonchev–Trinajstić information content (AvgIpc) is 2.45. The highest BCUT2D eigenvalue weighted by molar-refractivity contribution is 9.10. The lowest BCUT2D eigenvalue weighted by atomic mass is 10.2. The molecule has 0 aliphatic carbocycles. The summed E-state index contributed by atoms with van der Waals surface area (Å²) in [5, 5.41) is 0. The van der Waals surface area contributed by atoms with Crippen LogP contribution >= 0.6 is 15.9 Å². The topological polar surface area (TPSA) is 56.3 Å². The molecule has 0 spiro atoms. The van der Waals surface area contributed by atoms with Gasteiger partial charge in [0.1, 0.15) is 6.61 Å². The van der Waals surface area contributed by atoms with Gasteiger partial charge in [0.05, 0.1) is 5.56 Å². The molecule has 6 heteroatoms. The van der Waals surface area contributed by atoms with Crippen molar-refractivity contribution in [3.8, 4) is 0 Å². The molecule has 0 aliphatic rings. The molecule has 1 atom stereocenters. The summed E-state index contributed by atoms with van der Waals surface area (Å²) in [7, 11) is -1.05. The summed E-state index contributed by atoms with van der Waals surface area (Å²) < 4.78 is 17.3. The van der Waals surface area contributed by atoms with Gasteiger partial charge in [-0.3, -0.25) is 9.19 Å². The first-order chi connectivity index (χ1) is 9.56. The fourth-order valence-electron chi connectivity index (χ4n) is 1.55. The van der Waals surface area contributed by atoms with Crippen molar-refractivity contribution in [1.29, 1.82) is 0 Å². The minimum absolute atomic E-state index is 0.159. The van der Waals surface area contributed by atoms with Gasteiger partial charge in [-0.15, -0.1) is 0 Å². The lowest BCUT2D eigenvalue weighted by Crippen LogP contribution is -2.05. The van der Waals surface area contributed by atoms with Gasteiger partial charge in [0.15, 0.2) is 0 Å². The largest absolute Gasteiger partial charge is 0.457 e. The predicted octanol–water partition coefficient (Wildman–Crippen LogP) is 2.94. The molecule has 0 radical (unpaired) electrons. The van der Waals surface area contributed by atoms with Crippen LogP contribution in [0.25, 0.3) is 0 Å². The van der Waals surface area contributed by atoms with Crippen LogP contribution in [0.3, 0.4) is 0 Å². The average molecular weight is 354 g/mol. The number of esters is 1. The first kappa shape index (κ1) is 14.9. The maximum Gasteiger partial charge on any atom is 0.338 e. The second kappa shape index (κ2) is 6.76. The summed E-state index contributed by atoms with van der Waals surface area (Å²) >= 11 is 3.30. The van der Waals surface area contributed by atoms with Crippen molar-refractivity contribution in [2.45, 2.75) is 11.5 Å². The SMILES string of the molecule is CS(=O)c1ccc(C(=O)OCc2cncc(Br)c2)cc1. The minimum atomic E-state index is -1.05. The van der Waals surface area contributed by atoms with E-state index >= 15 is 0 Å². The summed E-state index contributed by atoms with van der Waals surface area (Å²) in [6.07, 6.45) is 4.89. The van der Waals surface area contributed by atoms with Crippen LogP contribution in [-0.2, 0) is 22.1 Å². The molecule has 2 rings (SSSR count). The summed E-state index contributed by atoms with van der Waals surface area (Å²) in [5.74, 6) is -0.418. The smallest absolute Gasteiger partial charge is 0.338 e.